The number of aromatic nitrogens is 3. The zero-order valence-corrected chi connectivity index (χ0v) is 21.9. The van der Waals surface area contributed by atoms with Crippen LogP contribution in [0.2, 0.25) is 10.0 Å². The molecule has 1 amide bonds. The van der Waals surface area contributed by atoms with E-state index in [1.54, 1.807) is 24.3 Å². The van der Waals surface area contributed by atoms with Crippen molar-refractivity contribution < 1.29 is 38.5 Å². The second-order valence-electron chi connectivity index (χ2n) is 8.40. The minimum atomic E-state index is -10.2. The number of methoxy groups -OCH3 is 1. The summed E-state index contributed by atoms with van der Waals surface area (Å²) in [5.74, 6) is -1.19. The average Bonchev–Trinajstić information content (AvgIpc) is 3.58. The zero-order valence-electron chi connectivity index (χ0n) is 19.6. The minimum absolute atomic E-state index is 0.0475. The number of halogens is 7. The molecule has 2 heterocycles. The van der Waals surface area contributed by atoms with Crippen LogP contribution in [0.15, 0.2) is 41.4 Å². The van der Waals surface area contributed by atoms with Crippen molar-refractivity contribution in [2.75, 3.05) is 12.4 Å². The number of carbonyl (C=O) groups is 2. The molecular formula is C22H16Cl2F5N5O4S. The molecular weight excluding hydrogens is 596 g/mol. The molecule has 1 aliphatic rings. The second kappa shape index (κ2) is 8.97. The summed E-state index contributed by atoms with van der Waals surface area (Å²) in [6.45, 7) is -0.302. The van der Waals surface area contributed by atoms with Gasteiger partial charge in [0.25, 0.3) is 0 Å². The molecule has 17 heteroatoms. The van der Waals surface area contributed by atoms with Crippen molar-refractivity contribution in [3.05, 3.63) is 63.5 Å². The van der Waals surface area contributed by atoms with Crippen LogP contribution < -0.4 is 5.32 Å². The maximum absolute atomic E-state index is 13.4. The number of amides is 1. The van der Waals surface area contributed by atoms with Crippen molar-refractivity contribution in [1.29, 1.82) is 5.26 Å². The molecule has 3 aromatic rings. The van der Waals surface area contributed by atoms with Crippen LogP contribution >= 0.6 is 33.4 Å². The normalized spacial score (nSPS) is 15.9. The Balaban J connectivity index is 1.87. The third-order valence-corrected chi connectivity index (χ3v) is 7.44. The van der Waals surface area contributed by atoms with Crippen molar-refractivity contribution in [3.63, 3.8) is 0 Å². The number of nitrogens with one attached hydrogen (secondary N) is 1. The molecule has 0 spiro atoms. The molecule has 9 nitrogen and oxygen atoms in total. The fourth-order valence-corrected chi connectivity index (χ4v) is 5.28. The third kappa shape index (κ3) is 5.58. The Hall–Kier alpha value is -3.61. The highest BCUT2D eigenvalue weighted by Gasteiger charge is 2.66. The van der Waals surface area contributed by atoms with Gasteiger partial charge in [0.2, 0.25) is 0 Å². The van der Waals surface area contributed by atoms with E-state index in [9.17, 15) is 34.3 Å². The number of ether oxygens (including phenoxy) is 2. The van der Waals surface area contributed by atoms with Crippen LogP contribution in [-0.2, 0) is 26.3 Å². The van der Waals surface area contributed by atoms with Crippen molar-refractivity contribution in [2.45, 2.75) is 29.8 Å². The van der Waals surface area contributed by atoms with Gasteiger partial charge in [-0.15, -0.1) is 0 Å². The van der Waals surface area contributed by atoms with E-state index in [0.717, 1.165) is 7.11 Å². The highest BCUT2D eigenvalue weighted by atomic mass is 35.5. The number of hydrogen-bond donors (Lipinski definition) is 1. The number of benzene rings is 1. The van der Waals surface area contributed by atoms with Crippen LogP contribution in [0.3, 0.4) is 0 Å². The van der Waals surface area contributed by atoms with Gasteiger partial charge in [-0.25, -0.2) is 9.48 Å². The maximum Gasteiger partial charge on any atom is 0.413 e. The summed E-state index contributed by atoms with van der Waals surface area (Å²) >= 11 is 12.0. The monoisotopic (exact) mass is 611 g/mol. The number of anilines is 1. The topological polar surface area (TPSA) is 119 Å². The van der Waals surface area contributed by atoms with E-state index in [-0.39, 0.29) is 37.1 Å². The highest BCUT2D eigenvalue weighted by molar-refractivity contribution is 8.45. The first-order valence-electron chi connectivity index (χ1n) is 10.7. The Labute approximate surface area is 227 Å². The first-order chi connectivity index (χ1) is 18.0. The quantitative estimate of drug-likeness (QED) is 0.224. The van der Waals surface area contributed by atoms with Crippen LogP contribution in [0.25, 0.3) is 5.69 Å². The van der Waals surface area contributed by atoms with Gasteiger partial charge in [-0.2, -0.15) is 10.4 Å². The van der Waals surface area contributed by atoms with Gasteiger partial charge in [-0.3, -0.25) is 15.1 Å². The number of rotatable bonds is 7. The molecule has 1 aromatic carbocycles. The van der Waals surface area contributed by atoms with E-state index in [2.05, 4.69) is 15.4 Å². The summed E-state index contributed by atoms with van der Waals surface area (Å²) in [7, 11) is -9.09. The lowest BCUT2D eigenvalue weighted by Gasteiger charge is -2.40. The van der Waals surface area contributed by atoms with Gasteiger partial charge >= 0.3 is 22.3 Å². The fraction of sp³-hybridized carbons (Fsp3) is 0.227. The molecule has 1 fully saturated rings. The summed E-state index contributed by atoms with van der Waals surface area (Å²) in [6, 6.07) is 6.49. The molecule has 208 valence electrons. The van der Waals surface area contributed by atoms with Gasteiger partial charge < -0.3 is 9.47 Å². The molecule has 1 N–H and O–H groups in total. The molecule has 0 saturated heterocycles. The number of pyridine rings is 1. The molecule has 39 heavy (non-hydrogen) atoms. The molecule has 0 radical (unpaired) electrons. The van der Waals surface area contributed by atoms with Crippen LogP contribution in [0.4, 0.5) is 30.0 Å². The van der Waals surface area contributed by atoms with E-state index >= 15 is 0 Å². The van der Waals surface area contributed by atoms with Gasteiger partial charge in [0.15, 0.2) is 5.69 Å². The van der Waals surface area contributed by atoms with Crippen molar-refractivity contribution in [1.82, 2.24) is 14.8 Å². The van der Waals surface area contributed by atoms with Gasteiger partial charge in [0, 0.05) is 6.20 Å². The third-order valence-electron chi connectivity index (χ3n) is 5.74. The SMILES string of the molecule is COC(=O)C1(c2c(C#N)nn(-c3c(Cl)cc(S(F)(F)(F)(F)F)cc3Cl)c2NC(=O)OCc2ccccn2)CC1. The molecule has 0 bridgehead atoms. The minimum Gasteiger partial charge on any atom is -0.468 e. The lowest BCUT2D eigenvalue weighted by molar-refractivity contribution is -0.143. The Morgan fingerprint density at radius 3 is 2.31 bits per heavy atom. The maximum atomic E-state index is 13.4. The largest absolute Gasteiger partial charge is 0.468 e. The Morgan fingerprint density at radius 1 is 1.18 bits per heavy atom. The fourth-order valence-electron chi connectivity index (χ4n) is 3.83. The summed E-state index contributed by atoms with van der Waals surface area (Å²) in [5.41, 5.74) is -2.22. The Morgan fingerprint density at radius 2 is 1.82 bits per heavy atom. The number of esters is 1. The van der Waals surface area contributed by atoms with E-state index < -0.39 is 59.8 Å². The van der Waals surface area contributed by atoms with E-state index in [4.69, 9.17) is 32.7 Å². The van der Waals surface area contributed by atoms with E-state index in [1.807, 2.05) is 0 Å². The van der Waals surface area contributed by atoms with Gasteiger partial charge in [-0.05, 0) is 37.1 Å². The summed E-state index contributed by atoms with van der Waals surface area (Å²) in [6.07, 6.45) is 0.658. The number of carbonyl (C=O) groups excluding carboxylic acids is 2. The lowest BCUT2D eigenvalue weighted by atomic mass is 9.95. The van der Waals surface area contributed by atoms with Gasteiger partial charge in [0.1, 0.15) is 29.1 Å². The van der Waals surface area contributed by atoms with Gasteiger partial charge in [-0.1, -0.05) is 48.7 Å². The molecule has 2 aromatic heterocycles. The first kappa shape index (κ1) is 28.4. The number of hydrogen-bond acceptors (Lipinski definition) is 7. The summed E-state index contributed by atoms with van der Waals surface area (Å²) in [4.78, 5) is 27.0. The molecule has 0 atom stereocenters. The van der Waals surface area contributed by atoms with E-state index in [1.165, 1.54) is 6.20 Å². The molecule has 4 rings (SSSR count). The van der Waals surface area contributed by atoms with Crippen LogP contribution in [-0.4, -0.2) is 33.9 Å². The average molecular weight is 612 g/mol. The van der Waals surface area contributed by atoms with Gasteiger partial charge in [0.05, 0.1) is 33.8 Å². The smallest absolute Gasteiger partial charge is 0.413 e. The highest BCUT2D eigenvalue weighted by Crippen LogP contribution is 3.02. The molecule has 1 aliphatic carbocycles. The lowest BCUT2D eigenvalue weighted by Crippen LogP contribution is -2.25. The molecule has 1 saturated carbocycles. The standard InChI is InChI=1S/C22H16Cl2F5N5O4S/c1-37-20(35)22(5-6-22)17-16(10-30)33-34(19(17)32-21(36)38-11-12-4-2-3-7-31-12)18-14(23)8-13(9-15(18)24)39(25,26,27,28)29/h2-4,7-9H,5-6,11H2,1H3,(H,32,36). The van der Waals surface area contributed by atoms with Crippen molar-refractivity contribution in [2.24, 2.45) is 0 Å². The number of nitrogens with zero attached hydrogens (tertiary/aromatic N) is 4. The zero-order chi connectivity index (χ0) is 28.9. The predicted molar refractivity (Wildman–Crippen MR) is 131 cm³/mol. The molecule has 0 unspecified atom stereocenters. The predicted octanol–water partition coefficient (Wildman–Crippen LogP) is 7.06. The summed E-state index contributed by atoms with van der Waals surface area (Å²) in [5, 5.41) is 14.2. The van der Waals surface area contributed by atoms with Crippen molar-refractivity contribution in [3.8, 4) is 11.8 Å². The Bertz CT molecular complexity index is 1520. The Kier molecular flexibility index (Phi) is 6.53. The summed E-state index contributed by atoms with van der Waals surface area (Å²) < 4.78 is 77.8. The molecule has 0 aliphatic heterocycles. The van der Waals surface area contributed by atoms with Crippen LogP contribution in [0, 0.1) is 11.3 Å². The first-order valence-corrected chi connectivity index (χ1v) is 13.4. The van der Waals surface area contributed by atoms with Crippen LogP contribution in [0.5, 0.6) is 0 Å². The van der Waals surface area contributed by atoms with Crippen LogP contribution in [0.1, 0.15) is 29.8 Å². The second-order valence-corrected chi connectivity index (χ2v) is 11.6. The van der Waals surface area contributed by atoms with Crippen molar-refractivity contribution >= 4 is 51.3 Å². The van der Waals surface area contributed by atoms with E-state index in [0.29, 0.717) is 10.4 Å². The number of nitriles is 1.